The number of halogens is 1. The molecule has 0 unspecified atom stereocenters. The van der Waals surface area contributed by atoms with Crippen molar-refractivity contribution in [2.24, 2.45) is 0 Å². The maximum Gasteiger partial charge on any atom is 0.265 e. The van der Waals surface area contributed by atoms with Crippen molar-refractivity contribution in [3.05, 3.63) is 50.2 Å². The highest BCUT2D eigenvalue weighted by Crippen LogP contribution is 2.25. The molecule has 0 saturated heterocycles. The van der Waals surface area contributed by atoms with E-state index >= 15 is 0 Å². The van der Waals surface area contributed by atoms with Crippen LogP contribution in [0.2, 0.25) is 5.02 Å². The SMILES string of the molecule is CCc1sc(C(=O)Nc2ccc(C(=O)NC)c(Cl)c2)cc1C. The lowest BCUT2D eigenvalue weighted by molar-refractivity contribution is 0.0962. The van der Waals surface area contributed by atoms with Crippen molar-refractivity contribution in [1.29, 1.82) is 0 Å². The van der Waals surface area contributed by atoms with E-state index in [1.165, 1.54) is 16.2 Å². The number of amides is 2. The van der Waals surface area contributed by atoms with Crippen molar-refractivity contribution in [2.45, 2.75) is 20.3 Å². The standard InChI is InChI=1S/C16H17ClN2O2S/c1-4-13-9(2)7-14(22-13)16(21)19-10-5-6-11(12(17)8-10)15(20)18-3/h5-8H,4H2,1-3H3,(H,18,20)(H,19,21). The summed E-state index contributed by atoms with van der Waals surface area (Å²) in [6, 6.07) is 6.72. The van der Waals surface area contributed by atoms with Crippen LogP contribution in [0.5, 0.6) is 0 Å². The number of carbonyl (C=O) groups is 2. The summed E-state index contributed by atoms with van der Waals surface area (Å²) in [6.07, 6.45) is 0.913. The lowest BCUT2D eigenvalue weighted by Gasteiger charge is -2.07. The first-order valence-corrected chi connectivity index (χ1v) is 8.08. The molecule has 1 aromatic heterocycles. The summed E-state index contributed by atoms with van der Waals surface area (Å²) < 4.78 is 0. The van der Waals surface area contributed by atoms with Crippen LogP contribution in [0.25, 0.3) is 0 Å². The normalized spacial score (nSPS) is 10.4. The second kappa shape index (κ2) is 6.94. The fraction of sp³-hybridized carbons (Fsp3) is 0.250. The van der Waals surface area contributed by atoms with Gasteiger partial charge in [-0.05, 0) is 43.2 Å². The summed E-state index contributed by atoms with van der Waals surface area (Å²) in [7, 11) is 1.54. The summed E-state index contributed by atoms with van der Waals surface area (Å²) in [5, 5.41) is 5.62. The Labute approximate surface area is 138 Å². The third-order valence-corrected chi connectivity index (χ3v) is 4.96. The van der Waals surface area contributed by atoms with Gasteiger partial charge in [-0.1, -0.05) is 18.5 Å². The molecule has 0 fully saturated rings. The lowest BCUT2D eigenvalue weighted by Crippen LogP contribution is -2.18. The van der Waals surface area contributed by atoms with E-state index in [4.69, 9.17) is 11.6 Å². The van der Waals surface area contributed by atoms with Gasteiger partial charge in [0.05, 0.1) is 15.5 Å². The molecule has 4 nitrogen and oxygen atoms in total. The molecule has 6 heteroatoms. The fourth-order valence-electron chi connectivity index (χ4n) is 2.09. The van der Waals surface area contributed by atoms with Crippen LogP contribution in [0.15, 0.2) is 24.3 Å². The van der Waals surface area contributed by atoms with Gasteiger partial charge in [0.2, 0.25) is 0 Å². The van der Waals surface area contributed by atoms with Gasteiger partial charge in [-0.3, -0.25) is 9.59 Å². The molecule has 0 aliphatic carbocycles. The number of thiophene rings is 1. The summed E-state index contributed by atoms with van der Waals surface area (Å²) in [5.74, 6) is -0.430. The minimum Gasteiger partial charge on any atom is -0.355 e. The van der Waals surface area contributed by atoms with E-state index in [-0.39, 0.29) is 11.8 Å². The van der Waals surface area contributed by atoms with Crippen molar-refractivity contribution >= 4 is 40.4 Å². The third kappa shape index (κ3) is 3.48. The van der Waals surface area contributed by atoms with Gasteiger partial charge >= 0.3 is 0 Å². The van der Waals surface area contributed by atoms with E-state index in [1.54, 1.807) is 25.2 Å². The van der Waals surface area contributed by atoms with Crippen LogP contribution in [0, 0.1) is 6.92 Å². The number of rotatable bonds is 4. The molecule has 2 rings (SSSR count). The predicted octanol–water partition coefficient (Wildman–Crippen LogP) is 3.88. The molecule has 0 spiro atoms. The Morgan fingerprint density at radius 2 is 1.95 bits per heavy atom. The van der Waals surface area contributed by atoms with Crippen molar-refractivity contribution in [3.63, 3.8) is 0 Å². The monoisotopic (exact) mass is 336 g/mol. The van der Waals surface area contributed by atoms with Crippen LogP contribution in [0.3, 0.4) is 0 Å². The maximum absolute atomic E-state index is 12.3. The van der Waals surface area contributed by atoms with Gasteiger partial charge in [-0.15, -0.1) is 11.3 Å². The van der Waals surface area contributed by atoms with Gasteiger partial charge in [0.15, 0.2) is 0 Å². The number of hydrogen-bond acceptors (Lipinski definition) is 3. The minimum absolute atomic E-state index is 0.170. The highest BCUT2D eigenvalue weighted by atomic mass is 35.5. The second-order valence-corrected chi connectivity index (χ2v) is 6.34. The van der Waals surface area contributed by atoms with Crippen LogP contribution in [0.1, 0.15) is 37.4 Å². The Morgan fingerprint density at radius 3 is 2.50 bits per heavy atom. The molecule has 2 N–H and O–H groups in total. The Kier molecular flexibility index (Phi) is 5.21. The maximum atomic E-state index is 12.3. The molecule has 22 heavy (non-hydrogen) atoms. The number of aryl methyl sites for hydroxylation is 2. The zero-order chi connectivity index (χ0) is 16.3. The third-order valence-electron chi connectivity index (χ3n) is 3.26. The second-order valence-electron chi connectivity index (χ2n) is 4.80. The molecular formula is C16H17ClN2O2S. The number of nitrogens with one attached hydrogen (secondary N) is 2. The summed E-state index contributed by atoms with van der Waals surface area (Å²) in [5.41, 5.74) is 2.07. The van der Waals surface area contributed by atoms with E-state index < -0.39 is 0 Å². The smallest absolute Gasteiger partial charge is 0.265 e. The Balaban J connectivity index is 2.18. The van der Waals surface area contributed by atoms with Crippen LogP contribution < -0.4 is 10.6 Å². The molecule has 0 bridgehead atoms. The van der Waals surface area contributed by atoms with Crippen molar-refractivity contribution in [3.8, 4) is 0 Å². The Morgan fingerprint density at radius 1 is 1.23 bits per heavy atom. The summed E-state index contributed by atoms with van der Waals surface area (Å²) in [6.45, 7) is 4.07. The summed E-state index contributed by atoms with van der Waals surface area (Å²) >= 11 is 7.57. The predicted molar refractivity (Wildman–Crippen MR) is 91.2 cm³/mol. The van der Waals surface area contributed by atoms with E-state index in [0.29, 0.717) is 21.2 Å². The number of hydrogen-bond donors (Lipinski definition) is 2. The molecule has 2 amide bonds. The first-order valence-electron chi connectivity index (χ1n) is 6.88. The number of benzene rings is 1. The molecule has 1 aromatic carbocycles. The average Bonchev–Trinajstić information content (AvgIpc) is 2.88. The highest BCUT2D eigenvalue weighted by molar-refractivity contribution is 7.14. The zero-order valence-corrected chi connectivity index (χ0v) is 14.2. The topological polar surface area (TPSA) is 58.2 Å². The lowest BCUT2D eigenvalue weighted by atomic mass is 10.2. The first kappa shape index (κ1) is 16.5. The molecule has 0 radical (unpaired) electrons. The van der Waals surface area contributed by atoms with Crippen LogP contribution in [-0.4, -0.2) is 18.9 Å². The van der Waals surface area contributed by atoms with Gasteiger partial charge in [0.25, 0.3) is 11.8 Å². The number of anilines is 1. The average molecular weight is 337 g/mol. The zero-order valence-electron chi connectivity index (χ0n) is 12.6. The molecule has 0 saturated carbocycles. The molecule has 0 aliphatic rings. The molecule has 1 heterocycles. The van der Waals surface area contributed by atoms with E-state index in [9.17, 15) is 9.59 Å². The van der Waals surface area contributed by atoms with Gasteiger partial charge in [-0.25, -0.2) is 0 Å². The van der Waals surface area contributed by atoms with Crippen LogP contribution in [-0.2, 0) is 6.42 Å². The van der Waals surface area contributed by atoms with Gasteiger partial charge < -0.3 is 10.6 Å². The van der Waals surface area contributed by atoms with E-state index in [0.717, 1.165) is 12.0 Å². The van der Waals surface area contributed by atoms with Crippen molar-refractivity contribution in [2.75, 3.05) is 12.4 Å². The quantitative estimate of drug-likeness (QED) is 0.890. The minimum atomic E-state index is -0.260. The largest absolute Gasteiger partial charge is 0.355 e. The molecule has 2 aromatic rings. The van der Waals surface area contributed by atoms with Crippen LogP contribution >= 0.6 is 22.9 Å². The van der Waals surface area contributed by atoms with Gasteiger partial charge in [-0.2, -0.15) is 0 Å². The number of carbonyl (C=O) groups excluding carboxylic acids is 2. The van der Waals surface area contributed by atoms with E-state index in [1.807, 2.05) is 13.0 Å². The van der Waals surface area contributed by atoms with Gasteiger partial charge in [0, 0.05) is 17.6 Å². The van der Waals surface area contributed by atoms with Crippen LogP contribution in [0.4, 0.5) is 5.69 Å². The Bertz CT molecular complexity index is 725. The summed E-state index contributed by atoms with van der Waals surface area (Å²) in [4.78, 5) is 25.7. The molecule has 116 valence electrons. The fourth-order valence-corrected chi connectivity index (χ4v) is 3.36. The molecular weight excluding hydrogens is 320 g/mol. The van der Waals surface area contributed by atoms with E-state index in [2.05, 4.69) is 17.6 Å². The highest BCUT2D eigenvalue weighted by Gasteiger charge is 2.14. The first-order chi connectivity index (χ1) is 10.5. The van der Waals surface area contributed by atoms with Crippen molar-refractivity contribution in [1.82, 2.24) is 5.32 Å². The van der Waals surface area contributed by atoms with Crippen molar-refractivity contribution < 1.29 is 9.59 Å². The van der Waals surface area contributed by atoms with Gasteiger partial charge in [0.1, 0.15) is 0 Å². The Hall–Kier alpha value is -1.85. The molecule has 0 atom stereocenters. The molecule has 0 aliphatic heterocycles.